The van der Waals surface area contributed by atoms with E-state index in [1.54, 1.807) is 6.92 Å². The Morgan fingerprint density at radius 2 is 1.97 bits per heavy atom. The second-order valence-corrected chi connectivity index (χ2v) is 9.92. The van der Waals surface area contributed by atoms with Crippen molar-refractivity contribution in [2.45, 2.75) is 64.5 Å². The Labute approximate surface area is 188 Å². The molecule has 2 atom stereocenters. The lowest BCUT2D eigenvalue weighted by molar-refractivity contribution is -0.142. The number of thioether (sulfide) groups is 1. The smallest absolute Gasteiger partial charge is 0.266 e. The van der Waals surface area contributed by atoms with Crippen molar-refractivity contribution in [2.75, 3.05) is 13.2 Å². The van der Waals surface area contributed by atoms with Crippen molar-refractivity contribution < 1.29 is 14.7 Å². The fourth-order valence-corrected chi connectivity index (χ4v) is 5.45. The maximum atomic E-state index is 13.2. The van der Waals surface area contributed by atoms with Gasteiger partial charge in [0.05, 0.1) is 4.91 Å². The van der Waals surface area contributed by atoms with Crippen molar-refractivity contribution in [3.63, 3.8) is 0 Å². The van der Waals surface area contributed by atoms with Crippen LogP contribution in [0.2, 0.25) is 0 Å². The third-order valence-electron chi connectivity index (χ3n) is 5.84. The Balaban J connectivity index is 1.75. The number of likely N-dealkylation sites (tertiary alicyclic amines) is 1. The van der Waals surface area contributed by atoms with Crippen molar-refractivity contribution in [1.82, 2.24) is 9.80 Å². The van der Waals surface area contributed by atoms with Gasteiger partial charge >= 0.3 is 0 Å². The molecule has 0 radical (unpaired) electrons. The second-order valence-electron chi connectivity index (χ2n) is 8.24. The van der Waals surface area contributed by atoms with Gasteiger partial charge in [-0.2, -0.15) is 0 Å². The minimum Gasteiger partial charge on any atom is -0.396 e. The van der Waals surface area contributed by atoms with Crippen LogP contribution in [0.5, 0.6) is 0 Å². The van der Waals surface area contributed by atoms with Crippen LogP contribution in [0.15, 0.2) is 29.2 Å². The standard InChI is InChI=1S/C23H30N2O3S2/c1-15(2)18-9-7-17(8-10-18)14-20-22(28)25(23(29)30-20)16(3)21(27)24-12-5-4-6-19(24)11-13-26/h7-10,14-16,19,26H,4-6,11-13H2,1-3H3. The zero-order chi connectivity index (χ0) is 21.8. The van der Waals surface area contributed by atoms with Gasteiger partial charge in [-0.15, -0.1) is 0 Å². The fourth-order valence-electron chi connectivity index (χ4n) is 4.03. The summed E-state index contributed by atoms with van der Waals surface area (Å²) in [4.78, 5) is 30.1. The minimum atomic E-state index is -0.647. The van der Waals surface area contributed by atoms with Crippen LogP contribution in [0.4, 0.5) is 0 Å². The first kappa shape index (κ1) is 23.0. The Hall–Kier alpha value is -1.70. The van der Waals surface area contributed by atoms with Crippen LogP contribution in [-0.4, -0.2) is 56.3 Å². The number of carbonyl (C=O) groups excluding carboxylic acids is 2. The number of hydrogen-bond donors (Lipinski definition) is 1. The Morgan fingerprint density at radius 1 is 1.27 bits per heavy atom. The lowest BCUT2D eigenvalue weighted by atomic mass is 9.98. The van der Waals surface area contributed by atoms with Gasteiger partial charge in [0.25, 0.3) is 5.91 Å². The maximum Gasteiger partial charge on any atom is 0.266 e. The molecule has 2 fully saturated rings. The third kappa shape index (κ3) is 4.95. The van der Waals surface area contributed by atoms with Crippen molar-refractivity contribution in [3.8, 4) is 0 Å². The van der Waals surface area contributed by atoms with Crippen LogP contribution >= 0.6 is 24.0 Å². The van der Waals surface area contributed by atoms with Crippen LogP contribution < -0.4 is 0 Å². The average Bonchev–Trinajstić information content (AvgIpc) is 3.01. The molecular weight excluding hydrogens is 416 g/mol. The van der Waals surface area contributed by atoms with Gasteiger partial charge in [0, 0.05) is 19.2 Å². The molecule has 7 heteroatoms. The average molecular weight is 447 g/mol. The Kier molecular flexibility index (Phi) is 7.71. The van der Waals surface area contributed by atoms with E-state index in [4.69, 9.17) is 12.2 Å². The first-order chi connectivity index (χ1) is 14.3. The van der Waals surface area contributed by atoms with E-state index in [9.17, 15) is 14.7 Å². The fraction of sp³-hybridized carbons (Fsp3) is 0.522. The van der Waals surface area contributed by atoms with Gasteiger partial charge in [-0.25, -0.2) is 0 Å². The number of benzene rings is 1. The van der Waals surface area contributed by atoms with Crippen molar-refractivity contribution >= 4 is 46.2 Å². The summed E-state index contributed by atoms with van der Waals surface area (Å²) in [6.07, 6.45) is 5.32. The molecule has 2 aliphatic heterocycles. The zero-order valence-electron chi connectivity index (χ0n) is 17.8. The minimum absolute atomic E-state index is 0.0344. The summed E-state index contributed by atoms with van der Waals surface area (Å²) < 4.78 is 0.418. The van der Waals surface area contributed by atoms with E-state index in [1.807, 2.05) is 23.1 Å². The summed E-state index contributed by atoms with van der Waals surface area (Å²) in [5.41, 5.74) is 2.19. The van der Waals surface area contributed by atoms with E-state index in [2.05, 4.69) is 26.0 Å². The summed E-state index contributed by atoms with van der Waals surface area (Å²) in [5, 5.41) is 9.34. The highest BCUT2D eigenvalue weighted by Crippen LogP contribution is 2.35. The molecule has 1 aromatic carbocycles. The summed E-state index contributed by atoms with van der Waals surface area (Å²) in [5.74, 6) is 0.148. The predicted molar refractivity (Wildman–Crippen MR) is 126 cm³/mol. The van der Waals surface area contributed by atoms with E-state index in [0.29, 0.717) is 28.1 Å². The Bertz CT molecular complexity index is 833. The molecule has 2 unspecified atom stereocenters. The molecule has 30 heavy (non-hydrogen) atoms. The highest BCUT2D eigenvalue weighted by molar-refractivity contribution is 8.26. The lowest BCUT2D eigenvalue weighted by Crippen LogP contribution is -2.53. The molecule has 0 aliphatic carbocycles. The van der Waals surface area contributed by atoms with Gasteiger partial charge in [0.1, 0.15) is 10.4 Å². The molecule has 0 spiro atoms. The van der Waals surface area contributed by atoms with E-state index in [0.717, 1.165) is 24.8 Å². The zero-order valence-corrected chi connectivity index (χ0v) is 19.5. The molecule has 2 heterocycles. The van der Waals surface area contributed by atoms with Gasteiger partial charge in [0.2, 0.25) is 5.91 Å². The van der Waals surface area contributed by atoms with Gasteiger partial charge in [0.15, 0.2) is 0 Å². The molecular formula is C23H30N2O3S2. The van der Waals surface area contributed by atoms with Crippen LogP contribution in [0.1, 0.15) is 63.5 Å². The predicted octanol–water partition coefficient (Wildman–Crippen LogP) is 4.16. The van der Waals surface area contributed by atoms with Crippen LogP contribution in [-0.2, 0) is 9.59 Å². The quantitative estimate of drug-likeness (QED) is 0.525. The summed E-state index contributed by atoms with van der Waals surface area (Å²) in [7, 11) is 0. The van der Waals surface area contributed by atoms with Crippen LogP contribution in [0, 0.1) is 0 Å². The van der Waals surface area contributed by atoms with Crippen LogP contribution in [0.3, 0.4) is 0 Å². The molecule has 0 bridgehead atoms. The summed E-state index contributed by atoms with van der Waals surface area (Å²) >= 11 is 6.71. The first-order valence-corrected chi connectivity index (χ1v) is 11.8. The van der Waals surface area contributed by atoms with E-state index in [1.165, 1.54) is 22.2 Å². The number of aliphatic hydroxyl groups is 1. The van der Waals surface area contributed by atoms with E-state index >= 15 is 0 Å². The second kappa shape index (κ2) is 10.1. The lowest BCUT2D eigenvalue weighted by Gasteiger charge is -2.38. The van der Waals surface area contributed by atoms with E-state index < -0.39 is 6.04 Å². The number of aliphatic hydroxyl groups excluding tert-OH is 1. The van der Waals surface area contributed by atoms with Crippen LogP contribution in [0.25, 0.3) is 6.08 Å². The SMILES string of the molecule is CC(C)c1ccc(C=C2SC(=S)N(C(C)C(=O)N3CCCCC3CCO)C2=O)cc1. The molecule has 2 saturated heterocycles. The maximum absolute atomic E-state index is 13.2. The highest BCUT2D eigenvalue weighted by atomic mass is 32.2. The molecule has 5 nitrogen and oxygen atoms in total. The molecule has 1 N–H and O–H groups in total. The van der Waals surface area contributed by atoms with Gasteiger partial charge in [-0.3, -0.25) is 14.5 Å². The number of amides is 2. The molecule has 2 amide bonds. The summed E-state index contributed by atoms with van der Waals surface area (Å²) in [6, 6.07) is 7.54. The number of thiocarbonyl (C=S) groups is 1. The number of carbonyl (C=O) groups is 2. The van der Waals surface area contributed by atoms with Crippen molar-refractivity contribution in [1.29, 1.82) is 0 Å². The number of hydrogen-bond acceptors (Lipinski definition) is 5. The largest absolute Gasteiger partial charge is 0.396 e. The molecule has 2 aliphatic rings. The number of nitrogens with zero attached hydrogens (tertiary/aromatic N) is 2. The van der Waals surface area contributed by atoms with Gasteiger partial charge < -0.3 is 10.0 Å². The molecule has 1 aromatic rings. The number of rotatable bonds is 6. The van der Waals surface area contributed by atoms with Gasteiger partial charge in [-0.1, -0.05) is 62.1 Å². The third-order valence-corrected chi connectivity index (χ3v) is 7.17. The Morgan fingerprint density at radius 3 is 2.60 bits per heavy atom. The number of piperidine rings is 1. The molecule has 162 valence electrons. The van der Waals surface area contributed by atoms with Crippen molar-refractivity contribution in [2.24, 2.45) is 0 Å². The summed E-state index contributed by atoms with van der Waals surface area (Å²) in [6.45, 7) is 6.76. The first-order valence-electron chi connectivity index (χ1n) is 10.6. The molecule has 0 saturated carbocycles. The topological polar surface area (TPSA) is 60.9 Å². The van der Waals surface area contributed by atoms with Crippen molar-refractivity contribution in [3.05, 3.63) is 40.3 Å². The molecule has 3 rings (SSSR count). The highest BCUT2D eigenvalue weighted by Gasteiger charge is 2.40. The molecule has 0 aromatic heterocycles. The normalized spacial score (nSPS) is 22.3. The van der Waals surface area contributed by atoms with E-state index in [-0.39, 0.29) is 24.5 Å². The monoisotopic (exact) mass is 446 g/mol. The van der Waals surface area contributed by atoms with Gasteiger partial charge in [-0.05, 0) is 55.7 Å².